The van der Waals surface area contributed by atoms with Crippen LogP contribution in [0.2, 0.25) is 0 Å². The molecule has 2 aromatic carbocycles. The number of carboxylic acid groups (broad SMARTS) is 1. The van der Waals surface area contributed by atoms with Crippen LogP contribution >= 0.6 is 0 Å². The fourth-order valence-electron chi connectivity index (χ4n) is 3.53. The minimum absolute atomic E-state index is 0.0456. The van der Waals surface area contributed by atoms with Gasteiger partial charge in [-0.2, -0.15) is 0 Å². The van der Waals surface area contributed by atoms with Gasteiger partial charge < -0.3 is 15.3 Å². The second-order valence-electron chi connectivity index (χ2n) is 7.37. The Morgan fingerprint density at radius 2 is 1.62 bits per heavy atom. The molecule has 1 heterocycles. The molecule has 1 fully saturated rings. The van der Waals surface area contributed by atoms with Gasteiger partial charge >= 0.3 is 5.97 Å². The molecule has 2 aromatic rings. The average molecular weight is 394 g/mol. The van der Waals surface area contributed by atoms with E-state index in [1.54, 1.807) is 29.2 Å². The minimum Gasteiger partial charge on any atom is -0.481 e. The van der Waals surface area contributed by atoms with Gasteiger partial charge in [-0.3, -0.25) is 14.4 Å². The summed E-state index contributed by atoms with van der Waals surface area (Å²) in [4.78, 5) is 37.4. The number of hydrogen-bond acceptors (Lipinski definition) is 3. The van der Waals surface area contributed by atoms with Crippen molar-refractivity contribution in [2.24, 2.45) is 5.92 Å². The number of carboxylic acids is 1. The number of carbonyl (C=O) groups excluding carboxylic acids is 2. The van der Waals surface area contributed by atoms with E-state index < -0.39 is 5.97 Å². The van der Waals surface area contributed by atoms with Crippen molar-refractivity contribution in [1.82, 2.24) is 4.90 Å². The molecule has 1 aliphatic heterocycles. The van der Waals surface area contributed by atoms with Gasteiger partial charge in [0.25, 0.3) is 5.91 Å². The summed E-state index contributed by atoms with van der Waals surface area (Å²) in [5.41, 5.74) is 2.42. The van der Waals surface area contributed by atoms with Crippen molar-refractivity contribution >= 4 is 23.5 Å². The molecule has 152 valence electrons. The number of piperidine rings is 1. The first-order valence-corrected chi connectivity index (χ1v) is 9.99. The smallest absolute Gasteiger partial charge is 0.306 e. The molecule has 0 bridgehead atoms. The highest BCUT2D eigenvalue weighted by molar-refractivity contribution is 5.96. The number of amides is 2. The van der Waals surface area contributed by atoms with E-state index in [4.69, 9.17) is 5.11 Å². The fourth-order valence-corrected chi connectivity index (χ4v) is 3.53. The highest BCUT2D eigenvalue weighted by atomic mass is 16.4. The van der Waals surface area contributed by atoms with Crippen molar-refractivity contribution in [3.05, 3.63) is 65.7 Å². The summed E-state index contributed by atoms with van der Waals surface area (Å²) in [5, 5.41) is 11.9. The lowest BCUT2D eigenvalue weighted by atomic mass is 9.96. The van der Waals surface area contributed by atoms with Gasteiger partial charge in [0.15, 0.2) is 0 Å². The van der Waals surface area contributed by atoms with Crippen molar-refractivity contribution in [2.75, 3.05) is 18.4 Å². The number of aryl methyl sites for hydroxylation is 1. The third-order valence-corrected chi connectivity index (χ3v) is 5.26. The van der Waals surface area contributed by atoms with E-state index in [0.29, 0.717) is 43.6 Å². The molecule has 0 unspecified atom stereocenters. The molecule has 0 spiro atoms. The highest BCUT2D eigenvalue weighted by Crippen LogP contribution is 2.20. The predicted molar refractivity (Wildman–Crippen MR) is 111 cm³/mol. The van der Waals surface area contributed by atoms with Crippen LogP contribution in [0.5, 0.6) is 0 Å². The van der Waals surface area contributed by atoms with E-state index in [0.717, 1.165) is 12.8 Å². The Kier molecular flexibility index (Phi) is 7.00. The number of nitrogens with one attached hydrogen (secondary N) is 1. The quantitative estimate of drug-likeness (QED) is 0.751. The SMILES string of the molecule is O=C(CCCc1ccccc1)Nc1ccc(C(=O)N2CCC(C(=O)O)CC2)cc1. The standard InChI is InChI=1S/C23H26N2O4/c26-21(8-4-7-17-5-2-1-3-6-17)24-20-11-9-18(10-12-20)22(27)25-15-13-19(14-16-25)23(28)29/h1-3,5-6,9-12,19H,4,7-8,13-16H2,(H,24,26)(H,28,29). The van der Waals surface area contributed by atoms with Crippen LogP contribution in [0.1, 0.15) is 41.6 Å². The number of benzene rings is 2. The molecule has 0 saturated carbocycles. The number of hydrogen-bond donors (Lipinski definition) is 2. The van der Waals surface area contributed by atoms with Crippen LogP contribution in [0.15, 0.2) is 54.6 Å². The molecule has 1 aliphatic rings. The lowest BCUT2D eigenvalue weighted by Gasteiger charge is -2.30. The number of likely N-dealkylation sites (tertiary alicyclic amines) is 1. The van der Waals surface area contributed by atoms with Crippen LogP contribution in [-0.2, 0) is 16.0 Å². The van der Waals surface area contributed by atoms with Crippen LogP contribution in [0.3, 0.4) is 0 Å². The van der Waals surface area contributed by atoms with Gasteiger partial charge in [-0.15, -0.1) is 0 Å². The van der Waals surface area contributed by atoms with E-state index in [1.807, 2.05) is 18.2 Å². The number of nitrogens with zero attached hydrogens (tertiary/aromatic N) is 1. The number of aliphatic carboxylic acids is 1. The molecular formula is C23H26N2O4. The zero-order valence-electron chi connectivity index (χ0n) is 16.3. The monoisotopic (exact) mass is 394 g/mol. The van der Waals surface area contributed by atoms with E-state index >= 15 is 0 Å². The van der Waals surface area contributed by atoms with Gasteiger partial charge in [0, 0.05) is 30.8 Å². The summed E-state index contributed by atoms with van der Waals surface area (Å²) in [5.74, 6) is -1.30. The Hall–Kier alpha value is -3.15. The van der Waals surface area contributed by atoms with E-state index in [9.17, 15) is 14.4 Å². The molecule has 3 rings (SSSR count). The third-order valence-electron chi connectivity index (χ3n) is 5.26. The second kappa shape index (κ2) is 9.87. The average Bonchev–Trinajstić information content (AvgIpc) is 2.74. The van der Waals surface area contributed by atoms with Gasteiger partial charge in [0.2, 0.25) is 5.91 Å². The Morgan fingerprint density at radius 3 is 2.24 bits per heavy atom. The Bertz CT molecular complexity index is 841. The topological polar surface area (TPSA) is 86.7 Å². The number of rotatable bonds is 7. The van der Waals surface area contributed by atoms with Crippen LogP contribution < -0.4 is 5.32 Å². The minimum atomic E-state index is -0.791. The predicted octanol–water partition coefficient (Wildman–Crippen LogP) is 3.58. The molecular weight excluding hydrogens is 368 g/mol. The highest BCUT2D eigenvalue weighted by Gasteiger charge is 2.27. The molecule has 2 N–H and O–H groups in total. The molecule has 6 heteroatoms. The molecule has 29 heavy (non-hydrogen) atoms. The van der Waals surface area contributed by atoms with Crippen molar-refractivity contribution in [3.8, 4) is 0 Å². The number of anilines is 1. The summed E-state index contributed by atoms with van der Waals surface area (Å²) in [7, 11) is 0. The van der Waals surface area contributed by atoms with Gasteiger partial charge in [-0.25, -0.2) is 0 Å². The van der Waals surface area contributed by atoms with Crippen LogP contribution in [0.4, 0.5) is 5.69 Å². The first-order chi connectivity index (χ1) is 14.0. The lowest BCUT2D eigenvalue weighted by molar-refractivity contribution is -0.143. The fraction of sp³-hybridized carbons (Fsp3) is 0.348. The summed E-state index contributed by atoms with van der Waals surface area (Å²) in [6.07, 6.45) is 3.05. The van der Waals surface area contributed by atoms with Crippen LogP contribution in [0.25, 0.3) is 0 Å². The molecule has 0 aliphatic carbocycles. The molecule has 1 saturated heterocycles. The largest absolute Gasteiger partial charge is 0.481 e. The van der Waals surface area contributed by atoms with Gasteiger partial charge in [0.05, 0.1) is 5.92 Å². The van der Waals surface area contributed by atoms with E-state index in [-0.39, 0.29) is 17.7 Å². The summed E-state index contributed by atoms with van der Waals surface area (Å²) in [6.45, 7) is 0.908. The van der Waals surface area contributed by atoms with Gasteiger partial charge in [-0.05, 0) is 55.5 Å². The van der Waals surface area contributed by atoms with Crippen LogP contribution in [0, 0.1) is 5.92 Å². The Balaban J connectivity index is 1.45. The summed E-state index contributed by atoms with van der Waals surface area (Å²) in [6, 6.07) is 16.9. The maximum Gasteiger partial charge on any atom is 0.306 e. The maximum absolute atomic E-state index is 12.6. The summed E-state index contributed by atoms with van der Waals surface area (Å²) >= 11 is 0. The van der Waals surface area contributed by atoms with Gasteiger partial charge in [0.1, 0.15) is 0 Å². The summed E-state index contributed by atoms with van der Waals surface area (Å²) < 4.78 is 0. The van der Waals surface area contributed by atoms with E-state index in [2.05, 4.69) is 17.4 Å². The second-order valence-corrected chi connectivity index (χ2v) is 7.37. The lowest BCUT2D eigenvalue weighted by Crippen LogP contribution is -2.40. The van der Waals surface area contributed by atoms with Crippen molar-refractivity contribution in [3.63, 3.8) is 0 Å². The maximum atomic E-state index is 12.6. The normalized spacial score (nSPS) is 14.4. The van der Waals surface area contributed by atoms with Crippen LogP contribution in [-0.4, -0.2) is 40.9 Å². The van der Waals surface area contributed by atoms with E-state index in [1.165, 1.54) is 5.56 Å². The molecule has 0 aromatic heterocycles. The van der Waals surface area contributed by atoms with Gasteiger partial charge in [-0.1, -0.05) is 30.3 Å². The first-order valence-electron chi connectivity index (χ1n) is 9.99. The zero-order valence-corrected chi connectivity index (χ0v) is 16.3. The first kappa shape index (κ1) is 20.6. The molecule has 2 amide bonds. The van der Waals surface area contributed by atoms with Crippen molar-refractivity contribution in [1.29, 1.82) is 0 Å². The van der Waals surface area contributed by atoms with Crippen molar-refractivity contribution in [2.45, 2.75) is 32.1 Å². The molecule has 0 radical (unpaired) electrons. The molecule has 6 nitrogen and oxygen atoms in total. The Morgan fingerprint density at radius 1 is 0.966 bits per heavy atom. The number of carbonyl (C=O) groups is 3. The Labute approximate surface area is 170 Å². The van der Waals surface area contributed by atoms with Crippen molar-refractivity contribution < 1.29 is 19.5 Å². The third kappa shape index (κ3) is 5.91. The zero-order chi connectivity index (χ0) is 20.6. The molecule has 0 atom stereocenters.